The molecule has 0 saturated carbocycles. The molecule has 11 heteroatoms. The Bertz CT molecular complexity index is 1780. The molecule has 0 heterocycles. The number of nitrogens with one attached hydrogen (secondary N) is 1. The number of carbonyl (C=O) groups is 2. The fourth-order valence-corrected chi connectivity index (χ4v) is 6.67. The Kier molecular flexibility index (Phi) is 11.5. The van der Waals surface area contributed by atoms with Crippen molar-refractivity contribution >= 4 is 39.1 Å². The van der Waals surface area contributed by atoms with Crippen molar-refractivity contribution in [1.29, 1.82) is 0 Å². The lowest BCUT2D eigenvalue weighted by atomic mass is 10.0. The quantitative estimate of drug-likeness (QED) is 0.183. The lowest BCUT2D eigenvalue weighted by Gasteiger charge is -2.35. The van der Waals surface area contributed by atoms with E-state index in [2.05, 4.69) is 5.32 Å². The number of sulfonamides is 1. The van der Waals surface area contributed by atoms with Crippen LogP contribution in [-0.4, -0.2) is 57.5 Å². The predicted octanol–water partition coefficient (Wildman–Crippen LogP) is 6.11. The van der Waals surface area contributed by atoms with Crippen LogP contribution in [-0.2, 0) is 32.6 Å². The van der Waals surface area contributed by atoms with E-state index in [9.17, 15) is 18.0 Å². The molecule has 0 aliphatic heterocycles. The summed E-state index contributed by atoms with van der Waals surface area (Å²) < 4.78 is 40.4. The molecule has 0 bridgehead atoms. The van der Waals surface area contributed by atoms with Gasteiger partial charge in [-0.2, -0.15) is 0 Å². The average Bonchev–Trinajstić information content (AvgIpc) is 3.05. The van der Waals surface area contributed by atoms with Gasteiger partial charge in [-0.15, -0.1) is 0 Å². The normalized spacial score (nSPS) is 12.1. The van der Waals surface area contributed by atoms with Crippen LogP contribution in [0, 0.1) is 0 Å². The van der Waals surface area contributed by atoms with Crippen molar-refractivity contribution in [2.75, 3.05) is 25.1 Å². The van der Waals surface area contributed by atoms with E-state index in [1.807, 2.05) is 57.2 Å². The van der Waals surface area contributed by atoms with Crippen LogP contribution >= 0.6 is 11.6 Å². The molecule has 1 atom stereocenters. The van der Waals surface area contributed by atoms with Gasteiger partial charge in [-0.25, -0.2) is 8.42 Å². The third kappa shape index (κ3) is 9.27. The first-order valence-corrected chi connectivity index (χ1v) is 16.8. The maximum Gasteiger partial charge on any atom is 0.264 e. The van der Waals surface area contributed by atoms with Crippen LogP contribution in [0.3, 0.4) is 0 Å². The predicted molar refractivity (Wildman–Crippen MR) is 184 cm³/mol. The van der Waals surface area contributed by atoms with Gasteiger partial charge in [0.25, 0.3) is 10.0 Å². The zero-order valence-electron chi connectivity index (χ0n) is 27.1. The Balaban J connectivity index is 1.87. The van der Waals surface area contributed by atoms with Crippen LogP contribution in [0.4, 0.5) is 5.69 Å². The highest BCUT2D eigenvalue weighted by Gasteiger charge is 2.36. The zero-order chi connectivity index (χ0) is 34.2. The van der Waals surface area contributed by atoms with E-state index in [-0.39, 0.29) is 40.2 Å². The largest absolute Gasteiger partial charge is 0.497 e. The first-order chi connectivity index (χ1) is 22.3. The molecule has 9 nitrogen and oxygen atoms in total. The van der Waals surface area contributed by atoms with E-state index in [0.717, 1.165) is 9.87 Å². The molecule has 0 aromatic heterocycles. The second kappa shape index (κ2) is 15.4. The maximum atomic E-state index is 14.7. The summed E-state index contributed by atoms with van der Waals surface area (Å²) in [4.78, 5) is 30.1. The Morgan fingerprint density at radius 2 is 1.47 bits per heavy atom. The summed E-state index contributed by atoms with van der Waals surface area (Å²) in [6, 6.07) is 27.9. The molecule has 248 valence electrons. The molecule has 47 heavy (non-hydrogen) atoms. The Morgan fingerprint density at radius 1 is 0.830 bits per heavy atom. The summed E-state index contributed by atoms with van der Waals surface area (Å²) in [6.07, 6.45) is 0.185. The summed E-state index contributed by atoms with van der Waals surface area (Å²) in [5, 5.41) is 3.27. The fraction of sp³-hybridized carbons (Fsp3) is 0.278. The molecular weight excluding hydrogens is 638 g/mol. The third-order valence-electron chi connectivity index (χ3n) is 7.28. The number of hydrogen-bond donors (Lipinski definition) is 1. The smallest absolute Gasteiger partial charge is 0.264 e. The van der Waals surface area contributed by atoms with E-state index < -0.39 is 34.1 Å². The van der Waals surface area contributed by atoms with E-state index >= 15 is 0 Å². The van der Waals surface area contributed by atoms with Gasteiger partial charge >= 0.3 is 0 Å². The van der Waals surface area contributed by atoms with E-state index in [1.54, 1.807) is 55.6 Å². The van der Waals surface area contributed by atoms with Crippen molar-refractivity contribution in [3.63, 3.8) is 0 Å². The van der Waals surface area contributed by atoms with Gasteiger partial charge < -0.3 is 19.7 Å². The lowest BCUT2D eigenvalue weighted by Crippen LogP contribution is -2.56. The van der Waals surface area contributed by atoms with Crippen molar-refractivity contribution < 1.29 is 27.5 Å². The molecule has 0 spiro atoms. The number of halogens is 1. The highest BCUT2D eigenvalue weighted by molar-refractivity contribution is 7.92. The van der Waals surface area contributed by atoms with Crippen molar-refractivity contribution in [1.82, 2.24) is 10.2 Å². The molecule has 4 aromatic rings. The average molecular weight is 678 g/mol. The Morgan fingerprint density at radius 3 is 2.09 bits per heavy atom. The van der Waals surface area contributed by atoms with E-state index in [0.29, 0.717) is 11.3 Å². The topological polar surface area (TPSA) is 105 Å². The number of ether oxygens (including phenoxy) is 2. The Hall–Kier alpha value is -4.54. The molecule has 0 unspecified atom stereocenters. The van der Waals surface area contributed by atoms with Crippen LogP contribution in [0.15, 0.2) is 108 Å². The minimum Gasteiger partial charge on any atom is -0.497 e. The summed E-state index contributed by atoms with van der Waals surface area (Å²) in [5.41, 5.74) is 0.998. The fourth-order valence-electron chi connectivity index (χ4n) is 5.07. The SMILES string of the molecule is COc1cccc(CN(C(=O)CN(c2cc(Cl)ccc2OC)S(=O)(=O)c2ccccc2)[C@@H](Cc2ccccc2)C(=O)NC(C)(C)C)c1. The number of carbonyl (C=O) groups excluding carboxylic acids is 2. The van der Waals surface area contributed by atoms with Crippen molar-refractivity contribution in [2.24, 2.45) is 0 Å². The van der Waals surface area contributed by atoms with Gasteiger partial charge in [-0.1, -0.05) is 72.3 Å². The molecule has 2 amide bonds. The summed E-state index contributed by atoms with van der Waals surface area (Å²) in [5.74, 6) is -0.215. The van der Waals surface area contributed by atoms with Crippen LogP contribution in [0.25, 0.3) is 0 Å². The minimum atomic E-state index is -4.32. The van der Waals surface area contributed by atoms with Crippen LogP contribution < -0.4 is 19.1 Å². The van der Waals surface area contributed by atoms with Gasteiger partial charge in [0.15, 0.2) is 0 Å². The van der Waals surface area contributed by atoms with Gasteiger partial charge in [0, 0.05) is 23.5 Å². The molecule has 0 fully saturated rings. The molecule has 4 rings (SSSR count). The number of hydrogen-bond acceptors (Lipinski definition) is 6. The maximum absolute atomic E-state index is 14.7. The van der Waals surface area contributed by atoms with Crippen molar-refractivity contribution in [3.05, 3.63) is 119 Å². The summed E-state index contributed by atoms with van der Waals surface area (Å²) in [6.45, 7) is 4.93. The lowest BCUT2D eigenvalue weighted by molar-refractivity contribution is -0.140. The van der Waals surface area contributed by atoms with Gasteiger partial charge in [-0.3, -0.25) is 13.9 Å². The van der Waals surface area contributed by atoms with Gasteiger partial charge in [0.05, 0.1) is 24.8 Å². The number of nitrogens with zero attached hydrogens (tertiary/aromatic N) is 2. The van der Waals surface area contributed by atoms with Crippen LogP contribution in [0.5, 0.6) is 11.5 Å². The molecule has 4 aromatic carbocycles. The van der Waals surface area contributed by atoms with E-state index in [1.165, 1.54) is 30.2 Å². The monoisotopic (exact) mass is 677 g/mol. The van der Waals surface area contributed by atoms with Crippen molar-refractivity contribution in [3.8, 4) is 11.5 Å². The summed E-state index contributed by atoms with van der Waals surface area (Å²) >= 11 is 6.36. The first kappa shape index (κ1) is 35.3. The number of anilines is 1. The highest BCUT2D eigenvalue weighted by atomic mass is 35.5. The number of methoxy groups -OCH3 is 2. The summed E-state index contributed by atoms with van der Waals surface area (Å²) in [7, 11) is -1.37. The first-order valence-electron chi connectivity index (χ1n) is 15.0. The standard InChI is InChI=1S/C36H40ClN3O6S/c1-36(2,3)38-35(42)32(22-26-13-8-6-9-14-26)39(24-27-15-12-16-29(21-27)45-4)34(41)25-40(31-23-28(37)19-20-33(31)46-5)47(43,44)30-17-10-7-11-18-30/h6-21,23,32H,22,24-25H2,1-5H3,(H,38,42)/t32-/m0/s1. The van der Waals surface area contributed by atoms with Crippen LogP contribution in [0.1, 0.15) is 31.9 Å². The minimum absolute atomic E-state index is 0.00297. The van der Waals surface area contributed by atoms with Gasteiger partial charge in [0.2, 0.25) is 11.8 Å². The molecule has 1 N–H and O–H groups in total. The van der Waals surface area contributed by atoms with Crippen LogP contribution in [0.2, 0.25) is 5.02 Å². The Labute approximate surface area is 282 Å². The molecule has 0 aliphatic carbocycles. The highest BCUT2D eigenvalue weighted by Crippen LogP contribution is 2.35. The number of amides is 2. The van der Waals surface area contributed by atoms with E-state index in [4.69, 9.17) is 21.1 Å². The molecule has 0 aliphatic rings. The second-order valence-electron chi connectivity index (χ2n) is 12.0. The van der Waals surface area contributed by atoms with Crippen molar-refractivity contribution in [2.45, 2.75) is 50.2 Å². The van der Waals surface area contributed by atoms with Gasteiger partial charge in [0.1, 0.15) is 24.1 Å². The molecule has 0 radical (unpaired) electrons. The zero-order valence-corrected chi connectivity index (χ0v) is 28.7. The number of rotatable bonds is 13. The molecule has 0 saturated heterocycles. The second-order valence-corrected chi connectivity index (χ2v) is 14.3. The molecular formula is C36H40ClN3O6S. The number of benzene rings is 4. The third-order valence-corrected chi connectivity index (χ3v) is 9.29. The van der Waals surface area contributed by atoms with Gasteiger partial charge in [-0.05, 0) is 74.4 Å².